The SMILES string of the molecule is COC(=O)C[C@@H]1C[C@@]2(CO2)C[C@@H](C=CC(C)=CC[C@@H]2O[C@H](C)[C@H](NC(=O)C=CC(C)OC(=O)CCCSC)C[C@@H]2C)O1. The van der Waals surface area contributed by atoms with Gasteiger partial charge in [-0.05, 0) is 64.0 Å². The molecule has 10 heteroatoms. The van der Waals surface area contributed by atoms with Crippen LogP contribution in [-0.4, -0.2) is 85.7 Å². The van der Waals surface area contributed by atoms with Gasteiger partial charge in [0.25, 0.3) is 0 Å². The molecule has 0 radical (unpaired) electrons. The second-order valence-electron chi connectivity index (χ2n) is 11.9. The number of esters is 2. The summed E-state index contributed by atoms with van der Waals surface area (Å²) in [4.78, 5) is 36.2. The lowest BCUT2D eigenvalue weighted by atomic mass is 9.88. The van der Waals surface area contributed by atoms with Gasteiger partial charge in [0, 0.05) is 25.3 Å². The topological polar surface area (TPSA) is 113 Å². The van der Waals surface area contributed by atoms with Crippen molar-refractivity contribution in [1.82, 2.24) is 5.32 Å². The monoisotopic (exact) mass is 607 g/mol. The van der Waals surface area contributed by atoms with Gasteiger partial charge in [-0.1, -0.05) is 30.7 Å². The first-order valence-electron chi connectivity index (χ1n) is 15.1. The van der Waals surface area contributed by atoms with Gasteiger partial charge in [-0.15, -0.1) is 0 Å². The van der Waals surface area contributed by atoms with Gasteiger partial charge in [0.15, 0.2) is 0 Å². The normalized spacial score (nSPS) is 32.2. The van der Waals surface area contributed by atoms with Crippen LogP contribution < -0.4 is 5.32 Å². The van der Waals surface area contributed by atoms with E-state index in [2.05, 4.69) is 37.4 Å². The van der Waals surface area contributed by atoms with E-state index in [1.54, 1.807) is 24.8 Å². The van der Waals surface area contributed by atoms with Gasteiger partial charge in [0.1, 0.15) is 6.10 Å². The Morgan fingerprint density at radius 3 is 2.60 bits per heavy atom. The number of epoxide rings is 1. The van der Waals surface area contributed by atoms with Gasteiger partial charge in [0.05, 0.1) is 56.2 Å². The van der Waals surface area contributed by atoms with E-state index >= 15 is 0 Å². The van der Waals surface area contributed by atoms with Gasteiger partial charge in [0.2, 0.25) is 5.91 Å². The van der Waals surface area contributed by atoms with E-state index in [-0.39, 0.29) is 66.2 Å². The van der Waals surface area contributed by atoms with E-state index in [1.165, 1.54) is 13.2 Å². The molecule has 236 valence electrons. The lowest BCUT2D eigenvalue weighted by Gasteiger charge is -2.39. The van der Waals surface area contributed by atoms with Gasteiger partial charge in [-0.25, -0.2) is 0 Å². The quantitative estimate of drug-likeness (QED) is 0.0988. The number of allylic oxidation sites excluding steroid dienone is 2. The third-order valence-corrected chi connectivity index (χ3v) is 8.77. The molecule has 0 saturated carbocycles. The molecule has 3 saturated heterocycles. The van der Waals surface area contributed by atoms with Crippen LogP contribution in [0, 0.1) is 5.92 Å². The minimum atomic E-state index is -0.459. The maximum atomic E-state index is 12.5. The predicted molar refractivity (Wildman–Crippen MR) is 163 cm³/mol. The molecule has 1 N–H and O–H groups in total. The molecule has 9 nitrogen and oxygen atoms in total. The lowest BCUT2D eigenvalue weighted by molar-refractivity contribution is -0.147. The Kier molecular flexibility index (Phi) is 13.6. The molecule has 3 rings (SSSR count). The Hall–Kier alpha value is -2.14. The maximum absolute atomic E-state index is 12.5. The number of carbonyl (C=O) groups excluding carboxylic acids is 3. The fraction of sp³-hybridized carbons (Fsp3) is 0.719. The Balaban J connectivity index is 1.42. The first-order valence-corrected chi connectivity index (χ1v) is 16.5. The fourth-order valence-corrected chi connectivity index (χ4v) is 5.94. The molecule has 0 aromatic rings. The third-order valence-electron chi connectivity index (χ3n) is 8.07. The van der Waals surface area contributed by atoms with Crippen LogP contribution in [0.25, 0.3) is 0 Å². The molecule has 1 unspecified atom stereocenters. The molecule has 1 spiro atoms. The standard InChI is InChI=1S/C32H49NO8S/c1-21(9-12-25-18-32(20-38-32)19-26(41-25)17-31(36)37-5)10-13-28-22(2)16-27(24(4)40-28)33-29(34)14-11-23(3)39-30(35)8-7-15-42-6/h9-12,14,22-28H,7-8,13,15-20H2,1-6H3,(H,33,34)/t22-,23?,24+,25+,26+,27+,28-,32+/m0/s1. The average Bonchev–Trinajstić information content (AvgIpc) is 3.68. The van der Waals surface area contributed by atoms with Crippen molar-refractivity contribution in [2.24, 2.45) is 5.92 Å². The van der Waals surface area contributed by atoms with Crippen LogP contribution in [0.5, 0.6) is 0 Å². The molecule has 0 aromatic carbocycles. The summed E-state index contributed by atoms with van der Waals surface area (Å²) >= 11 is 1.70. The van der Waals surface area contributed by atoms with Crippen LogP contribution in [0.1, 0.15) is 72.6 Å². The molecule has 3 fully saturated rings. The highest BCUT2D eigenvalue weighted by Gasteiger charge is 2.51. The van der Waals surface area contributed by atoms with Crippen LogP contribution in [0.4, 0.5) is 0 Å². The minimum absolute atomic E-state index is 0.0519. The van der Waals surface area contributed by atoms with Crippen LogP contribution in [0.3, 0.4) is 0 Å². The van der Waals surface area contributed by atoms with E-state index in [0.29, 0.717) is 13.0 Å². The third kappa shape index (κ3) is 11.5. The second kappa shape index (κ2) is 16.6. The molecule has 3 aliphatic rings. The van der Waals surface area contributed by atoms with Crippen molar-refractivity contribution in [3.8, 4) is 0 Å². The second-order valence-corrected chi connectivity index (χ2v) is 12.8. The minimum Gasteiger partial charge on any atom is -0.469 e. The first-order chi connectivity index (χ1) is 20.0. The summed E-state index contributed by atoms with van der Waals surface area (Å²) in [6, 6.07) is -0.0962. The highest BCUT2D eigenvalue weighted by Crippen LogP contribution is 2.43. The number of hydrogen-bond acceptors (Lipinski definition) is 9. The highest BCUT2D eigenvalue weighted by atomic mass is 32.2. The number of ether oxygens (including phenoxy) is 5. The van der Waals surface area contributed by atoms with Crippen molar-refractivity contribution < 1.29 is 38.1 Å². The van der Waals surface area contributed by atoms with Crippen molar-refractivity contribution in [1.29, 1.82) is 0 Å². The van der Waals surface area contributed by atoms with Gasteiger partial charge in [-0.2, -0.15) is 11.8 Å². The van der Waals surface area contributed by atoms with Crippen molar-refractivity contribution in [2.75, 3.05) is 25.7 Å². The summed E-state index contributed by atoms with van der Waals surface area (Å²) < 4.78 is 28.3. The van der Waals surface area contributed by atoms with Crippen LogP contribution >= 0.6 is 11.8 Å². The molecular formula is C32H49NO8S. The number of methoxy groups -OCH3 is 1. The summed E-state index contributed by atoms with van der Waals surface area (Å²) in [5.74, 6) is 0.448. The molecule has 0 aliphatic carbocycles. The Morgan fingerprint density at radius 2 is 1.90 bits per heavy atom. The predicted octanol–water partition coefficient (Wildman–Crippen LogP) is 4.69. The largest absolute Gasteiger partial charge is 0.469 e. The Bertz CT molecular complexity index is 1010. The molecule has 3 aliphatic heterocycles. The van der Waals surface area contributed by atoms with Crippen LogP contribution in [0.15, 0.2) is 36.0 Å². The Morgan fingerprint density at radius 1 is 1.14 bits per heavy atom. The molecular weight excluding hydrogens is 558 g/mol. The smallest absolute Gasteiger partial charge is 0.308 e. The number of hydrogen-bond donors (Lipinski definition) is 1. The zero-order valence-electron chi connectivity index (χ0n) is 26.0. The average molecular weight is 608 g/mol. The van der Waals surface area contributed by atoms with Crippen molar-refractivity contribution >= 4 is 29.6 Å². The summed E-state index contributed by atoms with van der Waals surface area (Å²) in [5, 5.41) is 3.05. The van der Waals surface area contributed by atoms with E-state index in [4.69, 9.17) is 23.7 Å². The fourth-order valence-electron chi connectivity index (χ4n) is 5.51. The Labute approximate surface area is 255 Å². The zero-order valence-corrected chi connectivity index (χ0v) is 26.8. The number of amides is 1. The summed E-state index contributed by atoms with van der Waals surface area (Å²) in [5.41, 5.74) is 0.952. The van der Waals surface area contributed by atoms with Crippen molar-refractivity contribution in [2.45, 2.75) is 115 Å². The molecule has 42 heavy (non-hydrogen) atoms. The molecule has 1 amide bonds. The van der Waals surface area contributed by atoms with E-state index in [1.807, 2.05) is 13.2 Å². The molecule has 8 atom stereocenters. The summed E-state index contributed by atoms with van der Waals surface area (Å²) in [6.07, 6.45) is 15.0. The highest BCUT2D eigenvalue weighted by molar-refractivity contribution is 7.98. The van der Waals surface area contributed by atoms with E-state index in [9.17, 15) is 14.4 Å². The molecule has 0 aromatic heterocycles. The van der Waals surface area contributed by atoms with Crippen LogP contribution in [0.2, 0.25) is 0 Å². The van der Waals surface area contributed by atoms with E-state index in [0.717, 1.165) is 43.4 Å². The zero-order chi connectivity index (χ0) is 30.7. The number of nitrogens with one attached hydrogen (secondary N) is 1. The number of rotatable bonds is 14. The van der Waals surface area contributed by atoms with Gasteiger partial charge in [-0.3, -0.25) is 14.4 Å². The molecule has 0 bridgehead atoms. The number of carbonyl (C=O) groups is 3. The van der Waals surface area contributed by atoms with Crippen LogP contribution in [-0.2, 0) is 38.1 Å². The van der Waals surface area contributed by atoms with Crippen molar-refractivity contribution in [3.63, 3.8) is 0 Å². The first kappa shape index (κ1) is 34.4. The summed E-state index contributed by atoms with van der Waals surface area (Å²) in [6.45, 7) is 8.66. The van der Waals surface area contributed by atoms with Gasteiger partial charge >= 0.3 is 11.9 Å². The van der Waals surface area contributed by atoms with E-state index < -0.39 is 6.10 Å². The summed E-state index contributed by atoms with van der Waals surface area (Å²) in [7, 11) is 1.39. The van der Waals surface area contributed by atoms with Crippen molar-refractivity contribution in [3.05, 3.63) is 36.0 Å². The molecule has 3 heterocycles. The maximum Gasteiger partial charge on any atom is 0.308 e. The lowest BCUT2D eigenvalue weighted by Crippen LogP contribution is -2.50. The van der Waals surface area contributed by atoms with Gasteiger partial charge < -0.3 is 29.0 Å². The number of thioether (sulfide) groups is 1.